The largest absolute Gasteiger partial charge is 0.500 e. The number of unbranched alkanes of at least 4 members (excludes halogenated alkanes) is 1. The molecule has 1 atom stereocenters. The highest BCUT2D eigenvalue weighted by molar-refractivity contribution is 6.36. The third-order valence-corrected chi connectivity index (χ3v) is 7.63. The Bertz CT molecular complexity index is 1060. The Morgan fingerprint density at radius 1 is 1.11 bits per heavy atom. The van der Waals surface area contributed by atoms with Crippen molar-refractivity contribution < 1.29 is 19.1 Å². The normalized spacial score (nSPS) is 22.9. The average Bonchev–Trinajstić information content (AvgIpc) is 3.56. The molecule has 5 rings (SSSR count). The summed E-state index contributed by atoms with van der Waals surface area (Å²) < 4.78 is 12.8. The zero-order valence-electron chi connectivity index (χ0n) is 20.7. The Balaban J connectivity index is 1.35. The van der Waals surface area contributed by atoms with Crippen LogP contribution < -0.4 is 0 Å². The number of methoxy groups -OCH3 is 2. The molecular formula is C26H35N5O4. The molecule has 0 N–H and O–H groups in total. The molecule has 0 radical (unpaired) electrons. The SMILES string of the molecule is COCCCCN1CCN(C(=O)C2C=C3C(=NC(=O)c4cnn(C5CCCC5)c43)C=C2OC)CC1. The van der Waals surface area contributed by atoms with Crippen molar-refractivity contribution in [2.24, 2.45) is 10.9 Å². The third-order valence-electron chi connectivity index (χ3n) is 7.63. The van der Waals surface area contributed by atoms with Crippen molar-refractivity contribution >= 4 is 23.1 Å². The molecule has 3 heterocycles. The number of piperazine rings is 1. The second-order valence-corrected chi connectivity index (χ2v) is 9.77. The summed E-state index contributed by atoms with van der Waals surface area (Å²) in [5.41, 5.74) is 2.70. The number of allylic oxidation sites excluding steroid dienone is 2. The number of carbonyl (C=O) groups is 2. The number of amides is 2. The van der Waals surface area contributed by atoms with Crippen LogP contribution in [0.15, 0.2) is 29.1 Å². The molecular weight excluding hydrogens is 446 g/mol. The maximum absolute atomic E-state index is 13.7. The standard InChI is InChI=1S/C26H35N5O4/c1-34-14-6-5-9-29-10-12-30(13-11-29)26(33)20-15-19-22(16-23(20)35-2)28-25(32)21-17-27-31(24(19)21)18-7-3-4-8-18/h15-18,20H,3-14H2,1-2H3. The Morgan fingerprint density at radius 2 is 1.89 bits per heavy atom. The molecule has 1 saturated carbocycles. The first-order valence-corrected chi connectivity index (χ1v) is 12.8. The quantitative estimate of drug-likeness (QED) is 0.531. The van der Waals surface area contributed by atoms with Gasteiger partial charge in [-0.05, 0) is 32.2 Å². The molecule has 9 heteroatoms. The predicted octanol–water partition coefficient (Wildman–Crippen LogP) is 2.71. The Morgan fingerprint density at radius 3 is 2.60 bits per heavy atom. The van der Waals surface area contributed by atoms with Crippen molar-refractivity contribution in [1.29, 1.82) is 0 Å². The number of aliphatic imine (C=N–C) groups is 1. The zero-order chi connectivity index (χ0) is 24.4. The lowest BCUT2D eigenvalue weighted by atomic mass is 9.87. The molecule has 9 nitrogen and oxygen atoms in total. The minimum absolute atomic E-state index is 0.0362. The number of fused-ring (bicyclic) bond motifs is 3. The summed E-state index contributed by atoms with van der Waals surface area (Å²) in [5, 5.41) is 4.59. The number of hydrogen-bond acceptors (Lipinski definition) is 6. The Labute approximate surface area is 206 Å². The molecule has 0 spiro atoms. The molecule has 2 aliphatic carbocycles. The minimum Gasteiger partial charge on any atom is -0.500 e. The van der Waals surface area contributed by atoms with E-state index < -0.39 is 5.92 Å². The summed E-state index contributed by atoms with van der Waals surface area (Å²) >= 11 is 0. The van der Waals surface area contributed by atoms with E-state index in [0.29, 0.717) is 30.1 Å². The number of rotatable bonds is 8. The van der Waals surface area contributed by atoms with E-state index in [1.807, 2.05) is 15.7 Å². The van der Waals surface area contributed by atoms with Crippen molar-refractivity contribution in [3.8, 4) is 0 Å². The third kappa shape index (κ3) is 4.71. The first kappa shape index (κ1) is 23.9. The summed E-state index contributed by atoms with van der Waals surface area (Å²) in [7, 11) is 3.30. The van der Waals surface area contributed by atoms with Crippen molar-refractivity contribution in [3.05, 3.63) is 35.4 Å². The van der Waals surface area contributed by atoms with E-state index in [2.05, 4.69) is 15.0 Å². The Hall–Kier alpha value is -2.78. The van der Waals surface area contributed by atoms with Gasteiger partial charge < -0.3 is 14.4 Å². The fourth-order valence-corrected chi connectivity index (χ4v) is 5.66. The van der Waals surface area contributed by atoms with Crippen molar-refractivity contribution in [2.75, 3.05) is 53.6 Å². The first-order valence-electron chi connectivity index (χ1n) is 12.8. The lowest BCUT2D eigenvalue weighted by molar-refractivity contribution is -0.135. The summed E-state index contributed by atoms with van der Waals surface area (Å²) in [6.07, 6.45) is 11.9. The maximum Gasteiger partial charge on any atom is 0.281 e. The number of ether oxygens (including phenoxy) is 2. The van der Waals surface area contributed by atoms with Crippen molar-refractivity contribution in [1.82, 2.24) is 19.6 Å². The van der Waals surface area contributed by atoms with Crippen LogP contribution in [-0.4, -0.2) is 90.7 Å². The molecule has 1 aromatic heterocycles. The molecule has 0 aromatic carbocycles. The van der Waals surface area contributed by atoms with Crippen LogP contribution in [0.2, 0.25) is 0 Å². The monoisotopic (exact) mass is 481 g/mol. The van der Waals surface area contributed by atoms with Gasteiger partial charge in [-0.1, -0.05) is 18.9 Å². The highest BCUT2D eigenvalue weighted by atomic mass is 16.5. The summed E-state index contributed by atoms with van der Waals surface area (Å²) in [4.78, 5) is 35.0. The molecule has 1 aromatic rings. The van der Waals surface area contributed by atoms with Crippen LogP contribution >= 0.6 is 0 Å². The van der Waals surface area contributed by atoms with E-state index in [9.17, 15) is 9.59 Å². The van der Waals surface area contributed by atoms with Gasteiger partial charge in [0.2, 0.25) is 5.91 Å². The van der Waals surface area contributed by atoms with Gasteiger partial charge in [0.05, 0.1) is 36.3 Å². The maximum atomic E-state index is 13.7. The molecule has 4 aliphatic rings. The van der Waals surface area contributed by atoms with Gasteiger partial charge in [-0.2, -0.15) is 5.10 Å². The average molecular weight is 482 g/mol. The van der Waals surface area contributed by atoms with Crippen LogP contribution in [0.5, 0.6) is 0 Å². The minimum atomic E-state index is -0.532. The molecule has 0 bridgehead atoms. The second-order valence-electron chi connectivity index (χ2n) is 9.77. The Kier molecular flexibility index (Phi) is 7.15. The molecule has 1 unspecified atom stereocenters. The first-order chi connectivity index (χ1) is 17.1. The number of aromatic nitrogens is 2. The highest BCUT2D eigenvalue weighted by Crippen LogP contribution is 2.38. The lowest BCUT2D eigenvalue weighted by Crippen LogP contribution is -2.50. The van der Waals surface area contributed by atoms with Crippen LogP contribution in [0.3, 0.4) is 0 Å². The molecule has 2 aliphatic heterocycles. The van der Waals surface area contributed by atoms with Gasteiger partial charge in [-0.15, -0.1) is 0 Å². The van der Waals surface area contributed by atoms with Gasteiger partial charge in [0, 0.05) is 51.5 Å². The number of nitrogens with zero attached hydrogens (tertiary/aromatic N) is 5. The molecule has 2 fully saturated rings. The van der Waals surface area contributed by atoms with Gasteiger partial charge in [-0.3, -0.25) is 19.2 Å². The van der Waals surface area contributed by atoms with Gasteiger partial charge in [0.25, 0.3) is 5.91 Å². The summed E-state index contributed by atoms with van der Waals surface area (Å²) in [6, 6.07) is 0.283. The second kappa shape index (κ2) is 10.5. The van der Waals surface area contributed by atoms with E-state index in [1.54, 1.807) is 26.5 Å². The van der Waals surface area contributed by atoms with Gasteiger partial charge in [0.1, 0.15) is 11.7 Å². The van der Waals surface area contributed by atoms with Crippen molar-refractivity contribution in [3.63, 3.8) is 0 Å². The summed E-state index contributed by atoms with van der Waals surface area (Å²) in [6.45, 7) is 4.96. The summed E-state index contributed by atoms with van der Waals surface area (Å²) in [5.74, 6) is -0.249. The predicted molar refractivity (Wildman–Crippen MR) is 132 cm³/mol. The van der Waals surface area contributed by atoms with Crippen molar-refractivity contribution in [2.45, 2.75) is 44.6 Å². The van der Waals surface area contributed by atoms with Gasteiger partial charge in [0.15, 0.2) is 0 Å². The van der Waals surface area contributed by atoms with Gasteiger partial charge in [-0.25, -0.2) is 4.99 Å². The number of carbonyl (C=O) groups excluding carboxylic acids is 2. The van der Waals surface area contributed by atoms with E-state index in [4.69, 9.17) is 9.47 Å². The molecule has 35 heavy (non-hydrogen) atoms. The fraction of sp³-hybridized carbons (Fsp3) is 0.615. The number of hydrogen-bond donors (Lipinski definition) is 0. The van der Waals surface area contributed by atoms with Crippen LogP contribution in [-0.2, 0) is 14.3 Å². The zero-order valence-corrected chi connectivity index (χ0v) is 20.7. The van der Waals surface area contributed by atoms with E-state index in [1.165, 1.54) is 12.8 Å². The lowest BCUT2D eigenvalue weighted by Gasteiger charge is -2.37. The molecule has 188 valence electrons. The molecule has 2 amide bonds. The molecule has 1 saturated heterocycles. The van der Waals surface area contributed by atoms with E-state index in [-0.39, 0.29) is 17.9 Å². The van der Waals surface area contributed by atoms with Crippen LogP contribution in [0.25, 0.3) is 5.57 Å². The fourth-order valence-electron chi connectivity index (χ4n) is 5.66. The smallest absolute Gasteiger partial charge is 0.281 e. The van der Waals surface area contributed by atoms with E-state index >= 15 is 0 Å². The highest BCUT2D eigenvalue weighted by Gasteiger charge is 2.38. The topological polar surface area (TPSA) is 89.3 Å². The van der Waals surface area contributed by atoms with E-state index in [0.717, 1.165) is 63.2 Å². The van der Waals surface area contributed by atoms with Gasteiger partial charge >= 0.3 is 0 Å². The van der Waals surface area contributed by atoms with Crippen LogP contribution in [0.1, 0.15) is 60.6 Å². The van der Waals surface area contributed by atoms with Crippen LogP contribution in [0, 0.1) is 5.92 Å². The van der Waals surface area contributed by atoms with Crippen LogP contribution in [0.4, 0.5) is 0 Å².